The molecule has 2 N–H and O–H groups in total. The Labute approximate surface area is 146 Å². The summed E-state index contributed by atoms with van der Waals surface area (Å²) in [7, 11) is 0. The fraction of sp³-hybridized carbons (Fsp3) is 0.211. The molecular formula is C19H21N3O3. The minimum atomic E-state index is -0.832. The predicted octanol–water partition coefficient (Wildman–Crippen LogP) is 2.74. The van der Waals surface area contributed by atoms with E-state index in [4.69, 9.17) is 4.74 Å². The molecule has 2 amide bonds. The summed E-state index contributed by atoms with van der Waals surface area (Å²) < 4.78 is 5.34. The quantitative estimate of drug-likeness (QED) is 0.482. The summed E-state index contributed by atoms with van der Waals surface area (Å²) in [5.74, 6) is -0.841. The molecule has 0 aliphatic rings. The normalized spacial score (nSPS) is 10.5. The van der Waals surface area contributed by atoms with Crippen LogP contribution in [0.1, 0.15) is 25.0 Å². The Hall–Kier alpha value is -3.15. The number of carbonyl (C=O) groups is 2. The summed E-state index contributed by atoms with van der Waals surface area (Å²) in [6.07, 6.45) is 2.37. The minimum Gasteiger partial charge on any atom is -0.494 e. The maximum Gasteiger partial charge on any atom is 0.329 e. The highest BCUT2D eigenvalue weighted by molar-refractivity contribution is 6.39. The van der Waals surface area contributed by atoms with E-state index in [1.807, 2.05) is 26.0 Å². The molecule has 0 unspecified atom stereocenters. The van der Waals surface area contributed by atoms with E-state index < -0.39 is 11.8 Å². The van der Waals surface area contributed by atoms with E-state index in [-0.39, 0.29) is 0 Å². The van der Waals surface area contributed by atoms with Crippen LogP contribution in [0.25, 0.3) is 0 Å². The fourth-order valence-corrected chi connectivity index (χ4v) is 2.04. The van der Waals surface area contributed by atoms with Gasteiger partial charge in [-0.3, -0.25) is 9.59 Å². The Balaban J connectivity index is 1.84. The highest BCUT2D eigenvalue weighted by Crippen LogP contribution is 2.11. The van der Waals surface area contributed by atoms with Crippen molar-refractivity contribution in [2.45, 2.75) is 20.3 Å². The molecule has 25 heavy (non-hydrogen) atoms. The van der Waals surface area contributed by atoms with Crippen molar-refractivity contribution in [3.05, 3.63) is 59.7 Å². The first kappa shape index (κ1) is 18.2. The average Bonchev–Trinajstić information content (AvgIpc) is 2.64. The number of aryl methyl sites for hydroxylation is 1. The van der Waals surface area contributed by atoms with Gasteiger partial charge in [0.25, 0.3) is 0 Å². The Bertz CT molecular complexity index is 738. The second-order valence-corrected chi connectivity index (χ2v) is 5.21. The van der Waals surface area contributed by atoms with Crippen molar-refractivity contribution in [1.82, 2.24) is 5.43 Å². The van der Waals surface area contributed by atoms with Gasteiger partial charge in [-0.15, -0.1) is 0 Å². The number of hydrogen-bond donors (Lipinski definition) is 2. The summed E-state index contributed by atoms with van der Waals surface area (Å²) in [4.78, 5) is 23.6. The third kappa shape index (κ3) is 5.76. The number of nitrogens with zero attached hydrogens (tertiary/aromatic N) is 1. The van der Waals surface area contributed by atoms with Gasteiger partial charge in [0.1, 0.15) is 5.75 Å². The number of anilines is 1. The van der Waals surface area contributed by atoms with Crippen LogP contribution in [-0.4, -0.2) is 24.6 Å². The van der Waals surface area contributed by atoms with Crippen LogP contribution in [-0.2, 0) is 16.0 Å². The van der Waals surface area contributed by atoms with Crippen molar-refractivity contribution in [2.24, 2.45) is 5.10 Å². The molecule has 2 rings (SSSR count). The molecule has 2 aromatic carbocycles. The van der Waals surface area contributed by atoms with E-state index in [0.29, 0.717) is 12.3 Å². The van der Waals surface area contributed by atoms with Gasteiger partial charge in [-0.1, -0.05) is 19.1 Å². The number of hydrazone groups is 1. The number of rotatable bonds is 6. The van der Waals surface area contributed by atoms with Crippen molar-refractivity contribution < 1.29 is 14.3 Å². The van der Waals surface area contributed by atoms with Gasteiger partial charge in [0.15, 0.2) is 0 Å². The molecule has 2 aromatic rings. The van der Waals surface area contributed by atoms with Gasteiger partial charge < -0.3 is 10.1 Å². The lowest BCUT2D eigenvalue weighted by Crippen LogP contribution is -2.32. The van der Waals surface area contributed by atoms with Crippen molar-refractivity contribution in [3.8, 4) is 5.75 Å². The Morgan fingerprint density at radius 2 is 1.68 bits per heavy atom. The Morgan fingerprint density at radius 3 is 2.28 bits per heavy atom. The first-order valence-corrected chi connectivity index (χ1v) is 8.08. The lowest BCUT2D eigenvalue weighted by molar-refractivity contribution is -0.136. The smallest absolute Gasteiger partial charge is 0.329 e. The zero-order valence-corrected chi connectivity index (χ0v) is 14.3. The molecule has 130 valence electrons. The number of nitrogens with one attached hydrogen (secondary N) is 2. The second kappa shape index (κ2) is 9.22. The average molecular weight is 339 g/mol. The van der Waals surface area contributed by atoms with E-state index >= 15 is 0 Å². The number of carbonyl (C=O) groups excluding carboxylic acids is 2. The largest absolute Gasteiger partial charge is 0.494 e. The van der Waals surface area contributed by atoms with E-state index in [9.17, 15) is 9.59 Å². The first-order chi connectivity index (χ1) is 12.1. The van der Waals surface area contributed by atoms with Gasteiger partial charge in [0.2, 0.25) is 0 Å². The summed E-state index contributed by atoms with van der Waals surface area (Å²) >= 11 is 0. The highest BCUT2D eigenvalue weighted by Gasteiger charge is 2.12. The third-order valence-electron chi connectivity index (χ3n) is 3.40. The van der Waals surface area contributed by atoms with Crippen LogP contribution in [0.2, 0.25) is 0 Å². The molecule has 0 aliphatic carbocycles. The fourth-order valence-electron chi connectivity index (χ4n) is 2.04. The zero-order chi connectivity index (χ0) is 18.1. The van der Waals surface area contributed by atoms with Gasteiger partial charge in [-0.2, -0.15) is 5.10 Å². The summed E-state index contributed by atoms with van der Waals surface area (Å²) in [6.45, 7) is 4.55. The van der Waals surface area contributed by atoms with Crippen LogP contribution >= 0.6 is 0 Å². The van der Waals surface area contributed by atoms with Crippen molar-refractivity contribution in [3.63, 3.8) is 0 Å². The number of amides is 2. The lowest BCUT2D eigenvalue weighted by Gasteiger charge is -2.05. The lowest BCUT2D eigenvalue weighted by atomic mass is 10.1. The van der Waals surface area contributed by atoms with Gasteiger partial charge >= 0.3 is 11.8 Å². The number of hydrogen-bond acceptors (Lipinski definition) is 4. The van der Waals surface area contributed by atoms with E-state index in [0.717, 1.165) is 23.3 Å². The Morgan fingerprint density at radius 1 is 1.00 bits per heavy atom. The molecule has 0 heterocycles. The first-order valence-electron chi connectivity index (χ1n) is 8.08. The molecular weight excluding hydrogens is 318 g/mol. The predicted molar refractivity (Wildman–Crippen MR) is 97.8 cm³/mol. The molecule has 0 saturated heterocycles. The molecule has 0 aromatic heterocycles. The van der Waals surface area contributed by atoms with Crippen LogP contribution in [0.4, 0.5) is 5.69 Å². The molecule has 0 radical (unpaired) electrons. The van der Waals surface area contributed by atoms with Crippen LogP contribution in [0.5, 0.6) is 5.75 Å². The van der Waals surface area contributed by atoms with Crippen LogP contribution in [0.3, 0.4) is 0 Å². The maximum atomic E-state index is 11.8. The molecule has 0 fully saturated rings. The van der Waals surface area contributed by atoms with Crippen LogP contribution < -0.4 is 15.5 Å². The van der Waals surface area contributed by atoms with Gasteiger partial charge in [0, 0.05) is 5.69 Å². The summed E-state index contributed by atoms with van der Waals surface area (Å²) in [5, 5.41) is 6.30. The number of ether oxygens (including phenoxy) is 1. The standard InChI is InChI=1S/C19H21N3O3/c1-3-14-5-9-16(10-6-14)21-18(23)19(24)22-20-13-15-7-11-17(12-8-15)25-4-2/h5-13H,3-4H2,1-2H3,(H,21,23)(H,22,24)/b20-13+. The highest BCUT2D eigenvalue weighted by atomic mass is 16.5. The third-order valence-corrected chi connectivity index (χ3v) is 3.40. The van der Waals surface area contributed by atoms with Crippen molar-refractivity contribution in [2.75, 3.05) is 11.9 Å². The molecule has 0 aliphatic heterocycles. The zero-order valence-electron chi connectivity index (χ0n) is 14.3. The van der Waals surface area contributed by atoms with Crippen LogP contribution in [0.15, 0.2) is 53.6 Å². The van der Waals surface area contributed by atoms with Gasteiger partial charge in [-0.25, -0.2) is 5.43 Å². The van der Waals surface area contributed by atoms with E-state index in [2.05, 4.69) is 15.8 Å². The maximum absolute atomic E-state index is 11.8. The van der Waals surface area contributed by atoms with E-state index in [1.54, 1.807) is 36.4 Å². The van der Waals surface area contributed by atoms with Gasteiger partial charge in [-0.05, 0) is 60.9 Å². The second-order valence-electron chi connectivity index (χ2n) is 5.21. The SMILES string of the molecule is CCOc1ccc(/C=N/NC(=O)C(=O)Nc2ccc(CC)cc2)cc1. The molecule has 0 spiro atoms. The molecule has 0 atom stereocenters. The number of benzene rings is 2. The van der Waals surface area contributed by atoms with Crippen molar-refractivity contribution in [1.29, 1.82) is 0 Å². The summed E-state index contributed by atoms with van der Waals surface area (Å²) in [5.41, 5.74) is 4.70. The molecule has 6 nitrogen and oxygen atoms in total. The monoisotopic (exact) mass is 339 g/mol. The minimum absolute atomic E-state index is 0.563. The van der Waals surface area contributed by atoms with Crippen LogP contribution in [0, 0.1) is 0 Å². The molecule has 6 heteroatoms. The molecule has 0 bridgehead atoms. The van der Waals surface area contributed by atoms with E-state index in [1.165, 1.54) is 6.21 Å². The molecule has 0 saturated carbocycles. The van der Waals surface area contributed by atoms with Crippen molar-refractivity contribution >= 4 is 23.7 Å². The van der Waals surface area contributed by atoms with Gasteiger partial charge in [0.05, 0.1) is 12.8 Å². The topological polar surface area (TPSA) is 79.8 Å². The Kier molecular flexibility index (Phi) is 6.71. The summed E-state index contributed by atoms with van der Waals surface area (Å²) in [6, 6.07) is 14.5.